The minimum atomic E-state index is -0.0822. The highest BCUT2D eigenvalue weighted by Crippen LogP contribution is 2.29. The van der Waals surface area contributed by atoms with Crippen LogP contribution in [-0.4, -0.2) is 36.1 Å². The number of fused-ring (bicyclic) bond motifs is 1. The molecule has 1 N–H and O–H groups in total. The lowest BCUT2D eigenvalue weighted by molar-refractivity contribution is -0.134. The highest BCUT2D eigenvalue weighted by Gasteiger charge is 2.17. The first-order valence-electron chi connectivity index (χ1n) is 13.0. The maximum absolute atomic E-state index is 13.4. The number of benzene rings is 4. The molecule has 0 unspecified atom stereocenters. The lowest BCUT2D eigenvalue weighted by Gasteiger charge is -2.24. The number of carbonyl (C=O) groups is 1. The van der Waals surface area contributed by atoms with Gasteiger partial charge in [-0.15, -0.1) is 0 Å². The molecule has 0 aliphatic carbocycles. The van der Waals surface area contributed by atoms with E-state index in [9.17, 15) is 4.79 Å². The lowest BCUT2D eigenvalue weighted by Crippen LogP contribution is -2.36. The summed E-state index contributed by atoms with van der Waals surface area (Å²) < 4.78 is 17.4. The summed E-state index contributed by atoms with van der Waals surface area (Å²) in [6.07, 6.45) is 2.74. The first-order chi connectivity index (χ1) is 19.2. The van der Waals surface area contributed by atoms with Crippen LogP contribution in [0.5, 0.6) is 17.2 Å². The molecule has 39 heavy (non-hydrogen) atoms. The Morgan fingerprint density at radius 2 is 1.54 bits per heavy atom. The van der Waals surface area contributed by atoms with Gasteiger partial charge in [0.05, 0.1) is 7.11 Å². The molecule has 0 spiro atoms. The number of nitrogens with one attached hydrogen (secondary N) is 1. The number of nitrogens with zero attached hydrogens (tertiary/aromatic N) is 1. The zero-order valence-corrected chi connectivity index (χ0v) is 22.0. The van der Waals surface area contributed by atoms with Crippen LogP contribution in [0, 0.1) is 0 Å². The number of ether oxygens (including phenoxy) is 3. The summed E-state index contributed by atoms with van der Waals surface area (Å²) in [6.45, 7) is 1.36. The van der Waals surface area contributed by atoms with E-state index in [1.165, 1.54) is 10.9 Å². The van der Waals surface area contributed by atoms with Crippen LogP contribution in [-0.2, 0) is 24.4 Å². The van der Waals surface area contributed by atoms with Crippen molar-refractivity contribution in [2.45, 2.75) is 19.6 Å². The number of H-pyrrole nitrogens is 1. The molecular formula is C33H32N2O4. The molecule has 0 aliphatic rings. The van der Waals surface area contributed by atoms with E-state index in [0.29, 0.717) is 43.4 Å². The maximum Gasteiger partial charge on any atom is 0.260 e. The first-order valence-corrected chi connectivity index (χ1v) is 13.0. The van der Waals surface area contributed by atoms with Crippen molar-refractivity contribution in [3.63, 3.8) is 0 Å². The predicted molar refractivity (Wildman–Crippen MR) is 153 cm³/mol. The fraction of sp³-hybridized carbons (Fsp3) is 0.182. The Labute approximate surface area is 228 Å². The maximum atomic E-state index is 13.4. The van der Waals surface area contributed by atoms with Crippen LogP contribution < -0.4 is 14.2 Å². The quantitative estimate of drug-likeness (QED) is 0.207. The third-order valence-electron chi connectivity index (χ3n) is 6.62. The minimum Gasteiger partial charge on any atom is -0.493 e. The average Bonchev–Trinajstić information content (AvgIpc) is 3.41. The van der Waals surface area contributed by atoms with Crippen LogP contribution in [0.15, 0.2) is 109 Å². The van der Waals surface area contributed by atoms with Gasteiger partial charge < -0.3 is 24.1 Å². The zero-order valence-electron chi connectivity index (χ0n) is 22.0. The summed E-state index contributed by atoms with van der Waals surface area (Å²) in [6, 6.07) is 33.4. The van der Waals surface area contributed by atoms with Crippen LogP contribution >= 0.6 is 0 Å². The summed E-state index contributed by atoms with van der Waals surface area (Å²) in [4.78, 5) is 18.6. The van der Waals surface area contributed by atoms with Gasteiger partial charge in [0.1, 0.15) is 12.4 Å². The molecule has 198 valence electrons. The number of aromatic nitrogens is 1. The number of hydrogen-bond donors (Lipinski definition) is 1. The van der Waals surface area contributed by atoms with Gasteiger partial charge in [-0.1, -0.05) is 72.8 Å². The van der Waals surface area contributed by atoms with Gasteiger partial charge in [-0.3, -0.25) is 4.79 Å². The standard InChI is InChI=1S/C33H32N2O4/c1-37-31-17-16-26(20-32(31)39-23-25-10-4-2-5-11-25)22-35(33(36)24-38-28-12-6-3-7-13-28)19-18-27-21-34-30-15-9-8-14-29(27)30/h2-17,20-21,34H,18-19,22-24H2,1H3. The Morgan fingerprint density at radius 3 is 2.33 bits per heavy atom. The van der Waals surface area contributed by atoms with Gasteiger partial charge in [-0.05, 0) is 53.4 Å². The van der Waals surface area contributed by atoms with Crippen molar-refractivity contribution in [3.8, 4) is 17.2 Å². The van der Waals surface area contributed by atoms with Crippen LogP contribution in [0.25, 0.3) is 10.9 Å². The van der Waals surface area contributed by atoms with Crippen molar-refractivity contribution in [1.29, 1.82) is 0 Å². The van der Waals surface area contributed by atoms with E-state index in [0.717, 1.165) is 16.6 Å². The third-order valence-corrected chi connectivity index (χ3v) is 6.62. The number of methoxy groups -OCH3 is 1. The molecule has 1 heterocycles. The zero-order chi connectivity index (χ0) is 26.9. The molecule has 6 nitrogen and oxygen atoms in total. The van der Waals surface area contributed by atoms with Gasteiger partial charge in [0.2, 0.25) is 0 Å². The SMILES string of the molecule is COc1ccc(CN(CCc2c[nH]c3ccccc23)C(=O)COc2ccccc2)cc1OCc1ccccc1. The smallest absolute Gasteiger partial charge is 0.260 e. The molecule has 0 saturated heterocycles. The summed E-state index contributed by atoms with van der Waals surface area (Å²) >= 11 is 0. The molecule has 0 radical (unpaired) electrons. The summed E-state index contributed by atoms with van der Waals surface area (Å²) in [5, 5.41) is 1.17. The van der Waals surface area contributed by atoms with Crippen LogP contribution in [0.3, 0.4) is 0 Å². The second kappa shape index (κ2) is 12.7. The highest BCUT2D eigenvalue weighted by molar-refractivity contribution is 5.83. The Morgan fingerprint density at radius 1 is 0.795 bits per heavy atom. The Balaban J connectivity index is 1.33. The fourth-order valence-corrected chi connectivity index (χ4v) is 4.53. The molecule has 1 aromatic heterocycles. The van der Waals surface area contributed by atoms with E-state index < -0.39 is 0 Å². The third kappa shape index (κ3) is 6.79. The highest BCUT2D eigenvalue weighted by atomic mass is 16.5. The van der Waals surface area contributed by atoms with Gasteiger partial charge in [0, 0.05) is 30.2 Å². The van der Waals surface area contributed by atoms with E-state index in [1.54, 1.807) is 7.11 Å². The number of rotatable bonds is 12. The van der Waals surface area contributed by atoms with Gasteiger partial charge in [0.25, 0.3) is 5.91 Å². The molecule has 4 aromatic carbocycles. The average molecular weight is 521 g/mol. The molecule has 1 amide bonds. The Hall–Kier alpha value is -4.71. The summed E-state index contributed by atoms with van der Waals surface area (Å²) in [7, 11) is 1.63. The van der Waals surface area contributed by atoms with E-state index >= 15 is 0 Å². The summed E-state index contributed by atoms with van der Waals surface area (Å²) in [5.74, 6) is 1.88. The van der Waals surface area contributed by atoms with Crippen LogP contribution in [0.2, 0.25) is 0 Å². The monoisotopic (exact) mass is 520 g/mol. The van der Waals surface area contributed by atoms with Crippen molar-refractivity contribution in [3.05, 3.63) is 126 Å². The van der Waals surface area contributed by atoms with Gasteiger partial charge in [-0.25, -0.2) is 0 Å². The number of aromatic amines is 1. The largest absolute Gasteiger partial charge is 0.493 e. The predicted octanol–water partition coefficient (Wildman–Crippen LogP) is 6.41. The van der Waals surface area contributed by atoms with Crippen molar-refractivity contribution in [2.75, 3.05) is 20.3 Å². The van der Waals surface area contributed by atoms with E-state index in [-0.39, 0.29) is 12.5 Å². The van der Waals surface area contributed by atoms with Gasteiger partial charge >= 0.3 is 0 Å². The normalized spacial score (nSPS) is 10.8. The number of para-hydroxylation sites is 2. The van der Waals surface area contributed by atoms with E-state index in [1.807, 2.05) is 102 Å². The summed E-state index contributed by atoms with van der Waals surface area (Å²) in [5.41, 5.74) is 4.28. The molecular weight excluding hydrogens is 488 g/mol. The molecule has 6 heteroatoms. The molecule has 0 bridgehead atoms. The van der Waals surface area contributed by atoms with Crippen LogP contribution in [0.1, 0.15) is 16.7 Å². The minimum absolute atomic E-state index is 0.0363. The molecule has 0 fully saturated rings. The number of amides is 1. The fourth-order valence-electron chi connectivity index (χ4n) is 4.53. The van der Waals surface area contributed by atoms with Gasteiger partial charge in [-0.2, -0.15) is 0 Å². The second-order valence-electron chi connectivity index (χ2n) is 9.29. The van der Waals surface area contributed by atoms with Crippen molar-refractivity contribution >= 4 is 16.8 Å². The molecule has 0 aliphatic heterocycles. The van der Waals surface area contributed by atoms with Crippen LogP contribution in [0.4, 0.5) is 0 Å². The van der Waals surface area contributed by atoms with Crippen molar-refractivity contribution in [1.82, 2.24) is 9.88 Å². The van der Waals surface area contributed by atoms with Crippen molar-refractivity contribution < 1.29 is 19.0 Å². The van der Waals surface area contributed by atoms with E-state index in [4.69, 9.17) is 14.2 Å². The number of hydrogen-bond acceptors (Lipinski definition) is 4. The Kier molecular flexibility index (Phi) is 8.44. The Bertz CT molecular complexity index is 1500. The second-order valence-corrected chi connectivity index (χ2v) is 9.29. The van der Waals surface area contributed by atoms with E-state index in [2.05, 4.69) is 17.1 Å². The molecule has 5 aromatic rings. The van der Waals surface area contributed by atoms with Gasteiger partial charge in [0.15, 0.2) is 18.1 Å². The topological polar surface area (TPSA) is 63.8 Å². The molecule has 0 atom stereocenters. The lowest BCUT2D eigenvalue weighted by atomic mass is 10.1. The first kappa shape index (κ1) is 25.9. The number of carbonyl (C=O) groups excluding carboxylic acids is 1. The van der Waals surface area contributed by atoms with Crippen molar-refractivity contribution in [2.24, 2.45) is 0 Å². The molecule has 0 saturated carbocycles. The molecule has 5 rings (SSSR count).